The maximum Gasteiger partial charge on any atom is 0.303 e. The van der Waals surface area contributed by atoms with E-state index in [1.807, 2.05) is 0 Å². The Morgan fingerprint density at radius 3 is 1.86 bits per heavy atom. The van der Waals surface area contributed by atoms with Crippen molar-refractivity contribution in [3.8, 4) is 0 Å². The molecule has 0 saturated carbocycles. The van der Waals surface area contributed by atoms with E-state index in [1.54, 1.807) is 0 Å². The molecule has 1 aromatic heterocycles. The summed E-state index contributed by atoms with van der Waals surface area (Å²) in [5.74, 6) is 1.66. The molecule has 126 valence electrons. The molecule has 22 heavy (non-hydrogen) atoms. The molecule has 0 unspecified atom stereocenters. The average molecular weight is 308 g/mol. The monoisotopic (exact) mass is 308 g/mol. The van der Waals surface area contributed by atoms with Gasteiger partial charge in [0.15, 0.2) is 0 Å². The summed E-state index contributed by atoms with van der Waals surface area (Å²) in [7, 11) is 0. The van der Waals surface area contributed by atoms with Gasteiger partial charge in [-0.15, -0.1) is 0 Å². The first kappa shape index (κ1) is 18.8. The van der Waals surface area contributed by atoms with Crippen molar-refractivity contribution in [2.75, 3.05) is 0 Å². The Hall–Kier alpha value is -1.25. The molecule has 0 atom stereocenters. The molecule has 3 heteroatoms. The lowest BCUT2D eigenvalue weighted by atomic mass is 10.0. The van der Waals surface area contributed by atoms with Crippen molar-refractivity contribution in [3.63, 3.8) is 0 Å². The number of aryl methyl sites for hydroxylation is 2. The van der Waals surface area contributed by atoms with E-state index in [-0.39, 0.29) is 0 Å². The zero-order valence-corrected chi connectivity index (χ0v) is 14.5. The highest BCUT2D eigenvalue weighted by atomic mass is 16.4. The summed E-state index contributed by atoms with van der Waals surface area (Å²) in [5, 5.41) is 8.55. The molecule has 0 fully saturated rings. The number of furan rings is 1. The molecule has 0 radical (unpaired) electrons. The minimum Gasteiger partial charge on any atom is -0.481 e. The van der Waals surface area contributed by atoms with Gasteiger partial charge in [-0.25, -0.2) is 0 Å². The summed E-state index contributed by atoms with van der Waals surface area (Å²) in [5.41, 5.74) is 2.68. The van der Waals surface area contributed by atoms with E-state index in [2.05, 4.69) is 20.8 Å². The van der Waals surface area contributed by atoms with Crippen LogP contribution in [0.5, 0.6) is 0 Å². The van der Waals surface area contributed by atoms with E-state index in [4.69, 9.17) is 9.52 Å². The number of carboxylic acids is 1. The third-order valence-corrected chi connectivity index (χ3v) is 4.51. The fraction of sp³-hybridized carbons (Fsp3) is 0.737. The molecule has 0 saturated heterocycles. The highest BCUT2D eigenvalue weighted by molar-refractivity contribution is 5.66. The van der Waals surface area contributed by atoms with Crippen LogP contribution in [0.2, 0.25) is 0 Å². The second-order valence-corrected chi connectivity index (χ2v) is 6.27. The molecular formula is C19H32O3. The number of unbranched alkanes of at least 4 members (excludes halogenated alkanes) is 7. The van der Waals surface area contributed by atoms with Gasteiger partial charge in [0.05, 0.1) is 0 Å². The SMILES string of the molecule is CCc1oc(CCCCCCCCCCC(=O)O)c(C)c1C. The molecule has 0 bridgehead atoms. The van der Waals surface area contributed by atoms with Crippen LogP contribution in [-0.2, 0) is 17.6 Å². The van der Waals surface area contributed by atoms with E-state index in [0.29, 0.717) is 6.42 Å². The predicted octanol–water partition coefficient (Wildman–Crippen LogP) is 5.60. The highest BCUT2D eigenvalue weighted by Gasteiger charge is 2.11. The second kappa shape index (κ2) is 10.5. The van der Waals surface area contributed by atoms with E-state index >= 15 is 0 Å². The minimum absolute atomic E-state index is 0.321. The van der Waals surface area contributed by atoms with Crippen molar-refractivity contribution in [3.05, 3.63) is 22.6 Å². The Kier molecular flexibility index (Phi) is 8.95. The first-order chi connectivity index (χ1) is 10.6. The number of hydrogen-bond donors (Lipinski definition) is 1. The van der Waals surface area contributed by atoms with Crippen LogP contribution in [0.1, 0.15) is 87.4 Å². The quantitative estimate of drug-likeness (QED) is 0.511. The first-order valence-corrected chi connectivity index (χ1v) is 8.85. The first-order valence-electron chi connectivity index (χ1n) is 8.85. The molecule has 0 aliphatic rings. The van der Waals surface area contributed by atoms with E-state index < -0.39 is 5.97 Å². The molecule has 1 heterocycles. The smallest absolute Gasteiger partial charge is 0.303 e. The van der Waals surface area contributed by atoms with Gasteiger partial charge in [0.1, 0.15) is 11.5 Å². The van der Waals surface area contributed by atoms with E-state index in [1.165, 1.54) is 55.4 Å². The Balaban J connectivity index is 2.03. The molecule has 0 spiro atoms. The number of aliphatic carboxylic acids is 1. The maximum absolute atomic E-state index is 10.4. The normalized spacial score (nSPS) is 11.0. The summed E-state index contributed by atoms with van der Waals surface area (Å²) in [6.45, 7) is 6.47. The van der Waals surface area contributed by atoms with E-state index in [0.717, 1.165) is 31.4 Å². The largest absolute Gasteiger partial charge is 0.481 e. The van der Waals surface area contributed by atoms with Crippen LogP contribution in [0.3, 0.4) is 0 Å². The van der Waals surface area contributed by atoms with Gasteiger partial charge in [-0.2, -0.15) is 0 Å². The Morgan fingerprint density at radius 2 is 1.36 bits per heavy atom. The van der Waals surface area contributed by atoms with Gasteiger partial charge >= 0.3 is 5.97 Å². The number of rotatable bonds is 12. The van der Waals surface area contributed by atoms with Crippen LogP contribution in [0.4, 0.5) is 0 Å². The molecule has 1 N–H and O–H groups in total. The molecule has 1 rings (SSSR count). The highest BCUT2D eigenvalue weighted by Crippen LogP contribution is 2.23. The molecule has 0 aliphatic heterocycles. The van der Waals surface area contributed by atoms with Gasteiger partial charge in [0.25, 0.3) is 0 Å². The van der Waals surface area contributed by atoms with Crippen LogP contribution in [0.25, 0.3) is 0 Å². The second-order valence-electron chi connectivity index (χ2n) is 6.27. The van der Waals surface area contributed by atoms with Crippen molar-refractivity contribution < 1.29 is 14.3 Å². The summed E-state index contributed by atoms with van der Waals surface area (Å²) < 4.78 is 5.94. The lowest BCUT2D eigenvalue weighted by molar-refractivity contribution is -0.137. The number of carboxylic acid groups (broad SMARTS) is 1. The summed E-state index contributed by atoms with van der Waals surface area (Å²) in [4.78, 5) is 10.4. The Bertz CT molecular complexity index is 446. The van der Waals surface area contributed by atoms with Crippen molar-refractivity contribution in [2.24, 2.45) is 0 Å². The molecule has 0 aromatic carbocycles. The maximum atomic E-state index is 10.4. The van der Waals surface area contributed by atoms with Crippen molar-refractivity contribution in [2.45, 2.75) is 91.4 Å². The third-order valence-electron chi connectivity index (χ3n) is 4.51. The fourth-order valence-corrected chi connectivity index (χ4v) is 2.92. The van der Waals surface area contributed by atoms with Crippen LogP contribution in [-0.4, -0.2) is 11.1 Å². The molecule has 1 aromatic rings. The zero-order valence-electron chi connectivity index (χ0n) is 14.5. The number of hydrogen-bond acceptors (Lipinski definition) is 2. The minimum atomic E-state index is -0.672. The van der Waals surface area contributed by atoms with Crippen molar-refractivity contribution in [1.29, 1.82) is 0 Å². The van der Waals surface area contributed by atoms with Crippen LogP contribution >= 0.6 is 0 Å². The molecule has 3 nitrogen and oxygen atoms in total. The van der Waals surface area contributed by atoms with Crippen LogP contribution in [0, 0.1) is 13.8 Å². The van der Waals surface area contributed by atoms with Crippen LogP contribution in [0.15, 0.2) is 4.42 Å². The van der Waals surface area contributed by atoms with Gasteiger partial charge in [-0.3, -0.25) is 4.79 Å². The molecule has 0 aliphatic carbocycles. The zero-order chi connectivity index (χ0) is 16.4. The summed E-state index contributed by atoms with van der Waals surface area (Å²) >= 11 is 0. The topological polar surface area (TPSA) is 50.4 Å². The fourth-order valence-electron chi connectivity index (χ4n) is 2.92. The van der Waals surface area contributed by atoms with E-state index in [9.17, 15) is 4.79 Å². The van der Waals surface area contributed by atoms with Gasteiger partial charge in [-0.05, 0) is 37.8 Å². The Morgan fingerprint density at radius 1 is 0.864 bits per heavy atom. The molecular weight excluding hydrogens is 276 g/mol. The van der Waals surface area contributed by atoms with Crippen LogP contribution < -0.4 is 0 Å². The van der Waals surface area contributed by atoms with Gasteiger partial charge in [0, 0.05) is 19.3 Å². The van der Waals surface area contributed by atoms with Gasteiger partial charge in [-0.1, -0.05) is 45.4 Å². The summed E-state index contributed by atoms with van der Waals surface area (Å²) in [6.07, 6.45) is 11.7. The van der Waals surface area contributed by atoms with Gasteiger partial charge < -0.3 is 9.52 Å². The van der Waals surface area contributed by atoms with Crippen molar-refractivity contribution in [1.82, 2.24) is 0 Å². The lowest BCUT2D eigenvalue weighted by Crippen LogP contribution is -1.93. The average Bonchev–Trinajstić information content (AvgIpc) is 2.76. The van der Waals surface area contributed by atoms with Crippen molar-refractivity contribution >= 4 is 5.97 Å². The third kappa shape index (κ3) is 6.67. The Labute approximate surface area is 135 Å². The standard InChI is InChI=1S/C19H32O3/c1-4-17-15(2)16(3)18(22-17)13-11-9-7-5-6-8-10-12-14-19(20)21/h4-14H2,1-3H3,(H,20,21). The number of carbonyl (C=O) groups is 1. The lowest BCUT2D eigenvalue weighted by Gasteiger charge is -2.02. The van der Waals surface area contributed by atoms with Gasteiger partial charge in [0.2, 0.25) is 0 Å². The summed E-state index contributed by atoms with van der Waals surface area (Å²) in [6, 6.07) is 0. The molecule has 0 amide bonds. The predicted molar refractivity (Wildman–Crippen MR) is 90.5 cm³/mol.